The van der Waals surface area contributed by atoms with Gasteiger partial charge in [-0.1, -0.05) is 0 Å². The molecule has 0 aliphatic rings. The first-order valence-electron chi connectivity index (χ1n) is 10.3. The summed E-state index contributed by atoms with van der Waals surface area (Å²) in [5.41, 5.74) is 6.73. The van der Waals surface area contributed by atoms with Crippen LogP contribution < -0.4 is 16.4 Å². The Hall–Kier alpha value is -3.92. The molecule has 0 saturated heterocycles. The van der Waals surface area contributed by atoms with E-state index in [-0.39, 0.29) is 28.7 Å². The van der Waals surface area contributed by atoms with E-state index in [0.717, 1.165) is 18.2 Å². The molecule has 3 rings (SSSR count). The van der Waals surface area contributed by atoms with Crippen LogP contribution >= 0.6 is 0 Å². The van der Waals surface area contributed by atoms with E-state index in [2.05, 4.69) is 15.6 Å². The Labute approximate surface area is 193 Å². The third-order valence-electron chi connectivity index (χ3n) is 4.91. The van der Waals surface area contributed by atoms with Crippen molar-refractivity contribution in [1.29, 1.82) is 0 Å². The van der Waals surface area contributed by atoms with Gasteiger partial charge in [-0.25, -0.2) is 18.2 Å². The summed E-state index contributed by atoms with van der Waals surface area (Å²) in [6, 6.07) is 6.03. The standard InChI is InChI=1S/C24H23F3N4O3/c1-11(2)30-23(33)18-7-14(10-29-22(18)28)17-9-19(27)20(4-12(17)3)31-24(34)21(32)13-5-15(25)8-16(26)6-13/h4-11,21,32H,1-3H3,(H2,28,29)(H,30,33)(H,31,34)/t21-/m1/s1. The van der Waals surface area contributed by atoms with Gasteiger partial charge in [0, 0.05) is 23.9 Å². The number of carbonyl (C=O) groups excluding carboxylic acids is 2. The lowest BCUT2D eigenvalue weighted by Gasteiger charge is -2.15. The number of hydrogen-bond acceptors (Lipinski definition) is 5. The summed E-state index contributed by atoms with van der Waals surface area (Å²) in [6.07, 6.45) is -0.531. The minimum atomic E-state index is -1.92. The molecule has 2 aromatic carbocycles. The SMILES string of the molecule is Cc1cc(NC(=O)[C@H](O)c2cc(F)cc(F)c2)c(F)cc1-c1cnc(N)c(C(=O)NC(C)C)c1. The number of nitrogens with zero attached hydrogens (tertiary/aromatic N) is 1. The molecule has 1 heterocycles. The van der Waals surface area contributed by atoms with Crippen molar-refractivity contribution in [3.05, 3.63) is 76.7 Å². The Morgan fingerprint density at radius 2 is 1.68 bits per heavy atom. The van der Waals surface area contributed by atoms with E-state index in [1.54, 1.807) is 20.8 Å². The lowest BCUT2D eigenvalue weighted by Crippen LogP contribution is -2.30. The fourth-order valence-corrected chi connectivity index (χ4v) is 3.32. The first-order chi connectivity index (χ1) is 16.0. The highest BCUT2D eigenvalue weighted by molar-refractivity contribution is 6.00. The molecule has 3 aromatic rings. The zero-order valence-corrected chi connectivity index (χ0v) is 18.6. The Morgan fingerprint density at radius 1 is 1.03 bits per heavy atom. The molecular formula is C24H23F3N4O3. The van der Waals surface area contributed by atoms with Gasteiger partial charge in [0.25, 0.3) is 11.8 Å². The maximum absolute atomic E-state index is 14.8. The van der Waals surface area contributed by atoms with Crippen molar-refractivity contribution in [2.24, 2.45) is 0 Å². The van der Waals surface area contributed by atoms with E-state index >= 15 is 0 Å². The van der Waals surface area contributed by atoms with Gasteiger partial charge in [-0.05, 0) is 67.8 Å². The molecule has 0 aliphatic heterocycles. The number of nitrogens with two attached hydrogens (primary N) is 1. The van der Waals surface area contributed by atoms with Gasteiger partial charge >= 0.3 is 0 Å². The van der Waals surface area contributed by atoms with Crippen LogP contribution in [0, 0.1) is 24.4 Å². The number of aromatic nitrogens is 1. The topological polar surface area (TPSA) is 117 Å². The number of aliphatic hydroxyl groups is 1. The van der Waals surface area contributed by atoms with Gasteiger partial charge in [0.05, 0.1) is 11.3 Å². The second-order valence-corrected chi connectivity index (χ2v) is 8.03. The molecule has 10 heteroatoms. The van der Waals surface area contributed by atoms with E-state index in [4.69, 9.17) is 5.73 Å². The number of nitrogens with one attached hydrogen (secondary N) is 2. The minimum absolute atomic E-state index is 0.0201. The van der Waals surface area contributed by atoms with Crippen LogP contribution in [0.25, 0.3) is 11.1 Å². The Balaban J connectivity index is 1.88. The number of benzene rings is 2. The molecule has 34 heavy (non-hydrogen) atoms. The first-order valence-corrected chi connectivity index (χ1v) is 10.3. The van der Waals surface area contributed by atoms with Gasteiger partial charge in [-0.15, -0.1) is 0 Å². The van der Waals surface area contributed by atoms with Crippen LogP contribution in [0.1, 0.15) is 41.4 Å². The van der Waals surface area contributed by atoms with Crippen LogP contribution in [0.15, 0.2) is 42.6 Å². The van der Waals surface area contributed by atoms with Crippen molar-refractivity contribution in [2.45, 2.75) is 32.9 Å². The fourth-order valence-electron chi connectivity index (χ4n) is 3.32. The molecule has 0 spiro atoms. The molecular weight excluding hydrogens is 449 g/mol. The lowest BCUT2D eigenvalue weighted by molar-refractivity contribution is -0.124. The maximum Gasteiger partial charge on any atom is 0.257 e. The van der Waals surface area contributed by atoms with Gasteiger partial charge in [0.1, 0.15) is 23.3 Å². The third kappa shape index (κ3) is 5.52. The van der Waals surface area contributed by atoms with Crippen LogP contribution in [-0.2, 0) is 4.79 Å². The van der Waals surface area contributed by atoms with Crippen molar-refractivity contribution < 1.29 is 27.9 Å². The number of halogens is 3. The van der Waals surface area contributed by atoms with Crippen LogP contribution in [0.5, 0.6) is 0 Å². The summed E-state index contributed by atoms with van der Waals surface area (Å²) in [5.74, 6) is -4.24. The van der Waals surface area contributed by atoms with E-state index in [1.807, 2.05) is 0 Å². The van der Waals surface area contributed by atoms with Crippen molar-refractivity contribution in [3.8, 4) is 11.1 Å². The number of anilines is 2. The van der Waals surface area contributed by atoms with E-state index in [1.165, 1.54) is 18.3 Å². The van der Waals surface area contributed by atoms with Gasteiger partial charge in [-0.2, -0.15) is 0 Å². The van der Waals surface area contributed by atoms with Gasteiger partial charge < -0.3 is 21.5 Å². The van der Waals surface area contributed by atoms with E-state index in [0.29, 0.717) is 22.8 Å². The van der Waals surface area contributed by atoms with Crippen LogP contribution in [0.3, 0.4) is 0 Å². The summed E-state index contributed by atoms with van der Waals surface area (Å²) in [6.45, 7) is 5.23. The smallest absolute Gasteiger partial charge is 0.257 e. The van der Waals surface area contributed by atoms with E-state index in [9.17, 15) is 27.9 Å². The number of aliphatic hydroxyl groups excluding tert-OH is 1. The molecule has 0 radical (unpaired) electrons. The molecule has 178 valence electrons. The number of nitrogen functional groups attached to an aromatic ring is 1. The summed E-state index contributed by atoms with van der Waals surface area (Å²) in [7, 11) is 0. The quantitative estimate of drug-likeness (QED) is 0.435. The molecule has 1 aromatic heterocycles. The predicted octanol–water partition coefficient (Wildman–Crippen LogP) is 3.87. The van der Waals surface area contributed by atoms with Crippen LogP contribution in [0.2, 0.25) is 0 Å². The van der Waals surface area contributed by atoms with E-state index < -0.39 is 35.4 Å². The first kappa shape index (κ1) is 24.7. The largest absolute Gasteiger partial charge is 0.383 e. The average molecular weight is 472 g/mol. The number of pyridine rings is 1. The highest BCUT2D eigenvalue weighted by Crippen LogP contribution is 2.30. The summed E-state index contributed by atoms with van der Waals surface area (Å²) in [4.78, 5) is 28.8. The monoisotopic (exact) mass is 472 g/mol. The lowest BCUT2D eigenvalue weighted by atomic mass is 9.99. The van der Waals surface area contributed by atoms with Crippen molar-refractivity contribution in [3.63, 3.8) is 0 Å². The molecule has 0 bridgehead atoms. The molecule has 0 aliphatic carbocycles. The van der Waals surface area contributed by atoms with Crippen LogP contribution in [-0.4, -0.2) is 27.9 Å². The molecule has 2 amide bonds. The predicted molar refractivity (Wildman–Crippen MR) is 121 cm³/mol. The second-order valence-electron chi connectivity index (χ2n) is 8.03. The van der Waals surface area contributed by atoms with Gasteiger partial charge in [0.2, 0.25) is 0 Å². The minimum Gasteiger partial charge on any atom is -0.383 e. The summed E-state index contributed by atoms with van der Waals surface area (Å²) >= 11 is 0. The van der Waals surface area contributed by atoms with Gasteiger partial charge in [0.15, 0.2) is 6.10 Å². The summed E-state index contributed by atoms with van der Waals surface area (Å²) < 4.78 is 41.6. The Kier molecular flexibility index (Phi) is 7.21. The number of carbonyl (C=O) groups is 2. The third-order valence-corrected chi connectivity index (χ3v) is 4.91. The zero-order chi connectivity index (χ0) is 25.2. The van der Waals surface area contributed by atoms with Crippen LogP contribution in [0.4, 0.5) is 24.7 Å². The number of rotatable bonds is 6. The molecule has 0 saturated carbocycles. The molecule has 7 nitrogen and oxygen atoms in total. The fraction of sp³-hybridized carbons (Fsp3) is 0.208. The Bertz CT molecular complexity index is 1240. The second kappa shape index (κ2) is 9.92. The molecule has 0 unspecified atom stereocenters. The Morgan fingerprint density at radius 3 is 2.29 bits per heavy atom. The molecule has 1 atom stereocenters. The zero-order valence-electron chi connectivity index (χ0n) is 18.6. The molecule has 0 fully saturated rings. The highest BCUT2D eigenvalue weighted by atomic mass is 19.1. The van der Waals surface area contributed by atoms with Crippen molar-refractivity contribution in [2.75, 3.05) is 11.1 Å². The van der Waals surface area contributed by atoms with Crippen molar-refractivity contribution >= 4 is 23.3 Å². The number of aryl methyl sites for hydroxylation is 1. The average Bonchev–Trinajstić information content (AvgIpc) is 2.74. The highest BCUT2D eigenvalue weighted by Gasteiger charge is 2.21. The number of amides is 2. The van der Waals surface area contributed by atoms with Crippen molar-refractivity contribution in [1.82, 2.24) is 10.3 Å². The normalized spacial score (nSPS) is 11.9. The maximum atomic E-state index is 14.8. The number of hydrogen-bond donors (Lipinski definition) is 4. The van der Waals surface area contributed by atoms with Gasteiger partial charge in [-0.3, -0.25) is 9.59 Å². The summed E-state index contributed by atoms with van der Waals surface area (Å²) in [5, 5.41) is 15.1. The molecule has 5 N–H and O–H groups in total.